The van der Waals surface area contributed by atoms with Gasteiger partial charge in [0.2, 0.25) is 0 Å². The number of hydrogen-bond donors (Lipinski definition) is 1. The lowest BCUT2D eigenvalue weighted by molar-refractivity contribution is -0.143. The van der Waals surface area contributed by atoms with Gasteiger partial charge in [-0.2, -0.15) is 0 Å². The molecule has 0 aliphatic carbocycles. The van der Waals surface area contributed by atoms with Crippen LogP contribution in [-0.4, -0.2) is 62.7 Å². The van der Waals surface area contributed by atoms with E-state index in [0.29, 0.717) is 15.0 Å². The summed E-state index contributed by atoms with van der Waals surface area (Å²) in [6.45, 7) is 5.27. The van der Waals surface area contributed by atoms with Gasteiger partial charge in [0.15, 0.2) is 46.2 Å². The van der Waals surface area contributed by atoms with Gasteiger partial charge in [0.25, 0.3) is 0 Å². The predicted molar refractivity (Wildman–Crippen MR) is 168 cm³/mol. The molecule has 10 nitrogen and oxygen atoms in total. The van der Waals surface area contributed by atoms with Crippen molar-refractivity contribution in [3.8, 4) is 23.0 Å². The van der Waals surface area contributed by atoms with E-state index in [4.69, 9.17) is 28.8 Å². The van der Waals surface area contributed by atoms with Crippen molar-refractivity contribution in [2.75, 3.05) is 34.0 Å². The molecule has 0 aliphatic rings. The highest BCUT2D eigenvalue weighted by molar-refractivity contribution is 7.21. The van der Waals surface area contributed by atoms with Crippen LogP contribution in [0.4, 0.5) is 8.78 Å². The number of methoxy groups -OCH3 is 2. The molecule has 14 heteroatoms. The number of Topliss-reactive ketones (excluding diaryl/α,β-unsaturated/α-hetero) is 2. The summed E-state index contributed by atoms with van der Waals surface area (Å²) in [7, 11) is 2.66. The number of carboxylic acid groups (broad SMARTS) is 1. The molecule has 0 saturated carbocycles. The summed E-state index contributed by atoms with van der Waals surface area (Å²) in [4.78, 5) is 47.9. The number of benzene rings is 2. The Morgan fingerprint density at radius 1 is 0.761 bits per heavy atom. The fourth-order valence-electron chi connectivity index (χ4n) is 4.35. The molecule has 244 valence electrons. The van der Waals surface area contributed by atoms with E-state index in [-0.39, 0.29) is 94.8 Å². The molecule has 46 heavy (non-hydrogen) atoms. The minimum Gasteiger partial charge on any atom is -0.493 e. The van der Waals surface area contributed by atoms with Crippen molar-refractivity contribution in [3.63, 3.8) is 0 Å². The SMILES string of the molecule is C=C(COc1c(OC)cc2sc(C(=O)CCC(=O)O)cc2c1F)COc1c(OC)cc2sc(C(=O)CCC(=O)OCC)cc2c1F. The molecule has 1 N–H and O–H groups in total. The van der Waals surface area contributed by atoms with E-state index >= 15 is 8.78 Å². The van der Waals surface area contributed by atoms with Crippen molar-refractivity contribution in [3.05, 3.63) is 57.8 Å². The van der Waals surface area contributed by atoms with Crippen molar-refractivity contribution in [1.29, 1.82) is 0 Å². The number of rotatable bonds is 17. The Labute approximate surface area is 270 Å². The highest BCUT2D eigenvalue weighted by Gasteiger charge is 2.23. The number of ketones is 2. The number of ether oxygens (including phenoxy) is 5. The first-order chi connectivity index (χ1) is 22.0. The van der Waals surface area contributed by atoms with Gasteiger partial charge in [-0.15, -0.1) is 22.7 Å². The molecule has 2 aromatic heterocycles. The first kappa shape index (κ1) is 34.3. The van der Waals surface area contributed by atoms with Crippen molar-refractivity contribution >= 4 is 66.4 Å². The first-order valence-corrected chi connectivity index (χ1v) is 15.6. The molecule has 0 fully saturated rings. The molecular formula is C32H30F2O10S2. The van der Waals surface area contributed by atoms with Crippen LogP contribution in [0.1, 0.15) is 52.0 Å². The first-order valence-electron chi connectivity index (χ1n) is 13.9. The van der Waals surface area contributed by atoms with Crippen LogP contribution < -0.4 is 18.9 Å². The quantitative estimate of drug-likeness (QED) is 0.0708. The molecule has 0 radical (unpaired) electrons. The van der Waals surface area contributed by atoms with E-state index in [2.05, 4.69) is 6.58 Å². The number of thiophene rings is 2. The zero-order chi connectivity index (χ0) is 33.5. The summed E-state index contributed by atoms with van der Waals surface area (Å²) < 4.78 is 58.8. The second kappa shape index (κ2) is 15.1. The number of hydrogen-bond acceptors (Lipinski definition) is 11. The Morgan fingerprint density at radius 2 is 1.22 bits per heavy atom. The van der Waals surface area contributed by atoms with E-state index in [1.807, 2.05) is 0 Å². The van der Waals surface area contributed by atoms with E-state index in [1.165, 1.54) is 38.5 Å². The van der Waals surface area contributed by atoms with Gasteiger partial charge in [-0.25, -0.2) is 8.78 Å². The average molecular weight is 677 g/mol. The van der Waals surface area contributed by atoms with Crippen molar-refractivity contribution in [2.24, 2.45) is 0 Å². The molecule has 0 amide bonds. The van der Waals surface area contributed by atoms with Gasteiger partial charge in [-0.1, -0.05) is 6.58 Å². The molecule has 0 saturated heterocycles. The lowest BCUT2D eigenvalue weighted by Gasteiger charge is -2.15. The number of halogens is 2. The van der Waals surface area contributed by atoms with Crippen LogP contribution in [0, 0.1) is 11.6 Å². The molecule has 2 aromatic carbocycles. The summed E-state index contributed by atoms with van der Waals surface area (Å²) in [5.41, 5.74) is 0.304. The van der Waals surface area contributed by atoms with Gasteiger partial charge >= 0.3 is 11.9 Å². The van der Waals surface area contributed by atoms with Crippen LogP contribution in [0.25, 0.3) is 20.2 Å². The van der Waals surface area contributed by atoms with Gasteiger partial charge in [-0.05, 0) is 24.6 Å². The fourth-order valence-corrected chi connectivity index (χ4v) is 6.46. The molecule has 2 heterocycles. The van der Waals surface area contributed by atoms with Crippen LogP contribution in [0.3, 0.4) is 0 Å². The summed E-state index contributed by atoms with van der Waals surface area (Å²) in [5, 5.41) is 9.09. The summed E-state index contributed by atoms with van der Waals surface area (Å²) in [5.74, 6) is -4.20. The number of fused-ring (bicyclic) bond motifs is 2. The van der Waals surface area contributed by atoms with Gasteiger partial charge < -0.3 is 28.8 Å². The highest BCUT2D eigenvalue weighted by atomic mass is 32.1. The largest absolute Gasteiger partial charge is 0.493 e. The molecule has 4 rings (SSSR count). The Bertz CT molecular complexity index is 1820. The van der Waals surface area contributed by atoms with E-state index < -0.39 is 29.4 Å². The van der Waals surface area contributed by atoms with Gasteiger partial charge in [-0.3, -0.25) is 19.2 Å². The molecule has 0 unspecified atom stereocenters. The maximum Gasteiger partial charge on any atom is 0.306 e. The number of carbonyl (C=O) groups excluding carboxylic acids is 3. The van der Waals surface area contributed by atoms with Crippen LogP contribution in [0.15, 0.2) is 36.4 Å². The van der Waals surface area contributed by atoms with Crippen LogP contribution in [0.2, 0.25) is 0 Å². The lowest BCUT2D eigenvalue weighted by atomic mass is 10.1. The van der Waals surface area contributed by atoms with Crippen LogP contribution in [-0.2, 0) is 14.3 Å². The third-order valence-electron chi connectivity index (χ3n) is 6.62. The normalized spacial score (nSPS) is 11.0. The zero-order valence-electron chi connectivity index (χ0n) is 25.2. The maximum absolute atomic E-state index is 15.6. The van der Waals surface area contributed by atoms with Crippen molar-refractivity contribution in [1.82, 2.24) is 0 Å². The highest BCUT2D eigenvalue weighted by Crippen LogP contribution is 2.42. The zero-order valence-corrected chi connectivity index (χ0v) is 26.8. The topological polar surface area (TPSA) is 135 Å². The summed E-state index contributed by atoms with van der Waals surface area (Å²) in [6, 6.07) is 5.79. The third-order valence-corrected chi connectivity index (χ3v) is 8.87. The molecule has 0 atom stereocenters. The molecular weight excluding hydrogens is 646 g/mol. The number of esters is 1. The third kappa shape index (κ3) is 7.80. The Hall–Kier alpha value is -4.56. The second-order valence-corrected chi connectivity index (χ2v) is 12.0. The van der Waals surface area contributed by atoms with E-state index in [0.717, 1.165) is 22.7 Å². The van der Waals surface area contributed by atoms with Crippen LogP contribution in [0.5, 0.6) is 23.0 Å². The van der Waals surface area contributed by atoms with Crippen molar-refractivity contribution in [2.45, 2.75) is 32.6 Å². The molecule has 0 aliphatic heterocycles. The number of aliphatic carboxylic acids is 1. The van der Waals surface area contributed by atoms with E-state index in [1.54, 1.807) is 6.92 Å². The molecule has 0 bridgehead atoms. The smallest absolute Gasteiger partial charge is 0.306 e. The van der Waals surface area contributed by atoms with Crippen molar-refractivity contribution < 1.29 is 56.7 Å². The summed E-state index contributed by atoms with van der Waals surface area (Å²) in [6.07, 6.45) is -0.722. The minimum absolute atomic E-state index is 0.0633. The maximum atomic E-state index is 15.6. The van der Waals surface area contributed by atoms with Gasteiger partial charge in [0.05, 0.1) is 43.4 Å². The lowest BCUT2D eigenvalue weighted by Crippen LogP contribution is -2.11. The molecule has 4 aromatic rings. The Balaban J connectivity index is 1.46. The fraction of sp³-hybridized carbons (Fsp3) is 0.312. The Kier molecular flexibility index (Phi) is 11.3. The average Bonchev–Trinajstić information content (AvgIpc) is 3.66. The van der Waals surface area contributed by atoms with Gasteiger partial charge in [0, 0.05) is 45.1 Å². The number of carbonyl (C=O) groups is 4. The Morgan fingerprint density at radius 3 is 1.63 bits per heavy atom. The minimum atomic E-state index is -1.11. The monoisotopic (exact) mass is 676 g/mol. The predicted octanol–water partition coefficient (Wildman–Crippen LogP) is 7.00. The van der Waals surface area contributed by atoms with Crippen LogP contribution >= 0.6 is 22.7 Å². The molecule has 0 spiro atoms. The number of carboxylic acids is 1. The van der Waals surface area contributed by atoms with E-state index in [9.17, 15) is 19.2 Å². The second-order valence-electron chi connectivity index (χ2n) is 9.86. The summed E-state index contributed by atoms with van der Waals surface area (Å²) >= 11 is 2.07. The van der Waals surface area contributed by atoms with Gasteiger partial charge in [0.1, 0.15) is 13.2 Å². The standard InChI is InChI=1S/C32H30F2O10S2/c1-5-42-28(39)9-7-20(36)26-11-18-24(46-26)13-22(41-4)32(30(18)34)44-15-16(2)14-43-31-21(40-3)12-23-17(29(31)33)10-25(45-23)19(35)6-8-27(37)38/h10-13H,2,5-9,14-15H2,1,3-4H3,(H,37,38).